The summed E-state index contributed by atoms with van der Waals surface area (Å²) in [5.41, 5.74) is 5.51. The second kappa shape index (κ2) is 12.2. The number of carboxylic acid groups (broad SMARTS) is 3. The molecule has 0 aliphatic rings. The summed E-state index contributed by atoms with van der Waals surface area (Å²) in [6.45, 7) is 3.67. The Kier molecular flexibility index (Phi) is 11.2. The van der Waals surface area contributed by atoms with Crippen LogP contribution in [-0.2, 0) is 24.0 Å². The molecule has 0 bridgehead atoms. The smallest absolute Gasteiger partial charge is 0.329 e. The number of hydroxylamine groups is 2. The Morgan fingerprint density at radius 2 is 1.58 bits per heavy atom. The lowest BCUT2D eigenvalue weighted by atomic mass is 10.1. The highest BCUT2D eigenvalue weighted by Crippen LogP contribution is 2.15. The molecule has 0 radical (unpaired) electrons. The quantitative estimate of drug-likeness (QED) is 0.253. The van der Waals surface area contributed by atoms with Crippen molar-refractivity contribution >= 4 is 23.8 Å². The Morgan fingerprint density at radius 1 is 1.00 bits per heavy atom. The van der Waals surface area contributed by atoms with Crippen LogP contribution in [0.5, 0.6) is 0 Å². The van der Waals surface area contributed by atoms with Gasteiger partial charge in [-0.25, -0.2) is 9.86 Å². The molecule has 0 heterocycles. The molecule has 10 heteroatoms. The van der Waals surface area contributed by atoms with Crippen molar-refractivity contribution in [1.82, 2.24) is 5.06 Å². The fourth-order valence-electron chi connectivity index (χ4n) is 2.26. The molecule has 0 fully saturated rings. The number of rotatable bonds is 14. The van der Waals surface area contributed by atoms with E-state index in [0.717, 1.165) is 25.7 Å². The van der Waals surface area contributed by atoms with Crippen molar-refractivity contribution in [2.45, 2.75) is 77.0 Å². The lowest BCUT2D eigenvalue weighted by molar-refractivity contribution is -0.226. The first-order valence-electron chi connectivity index (χ1n) is 8.51. The second-order valence-corrected chi connectivity index (χ2v) is 6.09. The van der Waals surface area contributed by atoms with Gasteiger partial charge >= 0.3 is 17.9 Å². The van der Waals surface area contributed by atoms with Gasteiger partial charge in [0.05, 0.1) is 25.0 Å². The molecule has 5 N–H and O–H groups in total. The van der Waals surface area contributed by atoms with E-state index in [0.29, 0.717) is 11.5 Å². The number of unbranched alkanes of at least 4 members (excludes halogenated alkanes) is 3. The third-order valence-corrected chi connectivity index (χ3v) is 3.62. The van der Waals surface area contributed by atoms with E-state index in [-0.39, 0.29) is 0 Å². The van der Waals surface area contributed by atoms with Crippen molar-refractivity contribution in [1.29, 1.82) is 0 Å². The van der Waals surface area contributed by atoms with Crippen LogP contribution in [0.3, 0.4) is 0 Å². The predicted octanol–water partition coefficient (Wildman–Crippen LogP) is 0.835. The van der Waals surface area contributed by atoms with Gasteiger partial charge in [0.1, 0.15) is 0 Å². The Hall–Kier alpha value is -2.20. The van der Waals surface area contributed by atoms with Gasteiger partial charge in [-0.1, -0.05) is 32.6 Å². The van der Waals surface area contributed by atoms with Gasteiger partial charge in [0, 0.05) is 0 Å². The summed E-state index contributed by atoms with van der Waals surface area (Å²) < 4.78 is 0. The highest BCUT2D eigenvalue weighted by molar-refractivity contribution is 5.90. The molecule has 0 spiro atoms. The molecule has 0 aromatic heterocycles. The number of nitrogens with two attached hydrogens (primary N) is 1. The topological polar surface area (TPSA) is 167 Å². The Labute approximate surface area is 151 Å². The summed E-state index contributed by atoms with van der Waals surface area (Å²) in [4.78, 5) is 50.9. The molecule has 3 atom stereocenters. The molecular weight excluding hydrogens is 348 g/mol. The Morgan fingerprint density at radius 3 is 2.04 bits per heavy atom. The zero-order valence-corrected chi connectivity index (χ0v) is 15.1. The maximum absolute atomic E-state index is 12.4. The van der Waals surface area contributed by atoms with Crippen LogP contribution in [0.4, 0.5) is 0 Å². The van der Waals surface area contributed by atoms with Gasteiger partial charge in [0.25, 0.3) is 5.91 Å². The summed E-state index contributed by atoms with van der Waals surface area (Å²) in [7, 11) is 0. The number of aliphatic carboxylic acids is 3. The first-order valence-corrected chi connectivity index (χ1v) is 8.51. The molecule has 0 rings (SSSR count). The number of carbonyl (C=O) groups is 4. The van der Waals surface area contributed by atoms with Crippen molar-refractivity contribution < 1.29 is 39.3 Å². The van der Waals surface area contributed by atoms with Crippen molar-refractivity contribution in [2.24, 2.45) is 5.73 Å². The van der Waals surface area contributed by atoms with E-state index in [4.69, 9.17) is 20.8 Å². The minimum atomic E-state index is -1.81. The van der Waals surface area contributed by atoms with E-state index in [1.807, 2.05) is 6.92 Å². The summed E-state index contributed by atoms with van der Waals surface area (Å²) in [6, 6.07) is -3.35. The fraction of sp³-hybridized carbons (Fsp3) is 0.750. The van der Waals surface area contributed by atoms with Gasteiger partial charge in [-0.3, -0.25) is 19.2 Å². The highest BCUT2D eigenvalue weighted by atomic mass is 16.7. The lowest BCUT2D eigenvalue weighted by Gasteiger charge is -2.31. The monoisotopic (exact) mass is 376 g/mol. The van der Waals surface area contributed by atoms with Crippen LogP contribution in [0.2, 0.25) is 0 Å². The van der Waals surface area contributed by atoms with E-state index in [1.165, 1.54) is 0 Å². The van der Waals surface area contributed by atoms with Gasteiger partial charge in [-0.05, 0) is 13.3 Å². The summed E-state index contributed by atoms with van der Waals surface area (Å²) in [6.07, 6.45) is 2.11. The van der Waals surface area contributed by atoms with Crippen LogP contribution in [0.1, 0.15) is 58.8 Å². The van der Waals surface area contributed by atoms with Gasteiger partial charge in [0.2, 0.25) is 0 Å². The van der Waals surface area contributed by atoms with E-state index in [2.05, 4.69) is 0 Å². The SMILES string of the molecule is CCCCCCC(C)ON(C(=O)[C@@H](N)CC(=O)O)[C@@H](CC(=O)O)C(=O)O. The molecule has 1 unspecified atom stereocenters. The average molecular weight is 376 g/mol. The first kappa shape index (κ1) is 23.8. The fourth-order valence-corrected chi connectivity index (χ4v) is 2.26. The molecule has 0 aromatic rings. The minimum absolute atomic E-state index is 0.411. The molecule has 1 amide bonds. The number of carbonyl (C=O) groups excluding carboxylic acids is 1. The molecule has 10 nitrogen and oxygen atoms in total. The normalized spacial score (nSPS) is 14.3. The predicted molar refractivity (Wildman–Crippen MR) is 90.1 cm³/mol. The van der Waals surface area contributed by atoms with Crippen molar-refractivity contribution in [3.8, 4) is 0 Å². The van der Waals surface area contributed by atoms with Crippen LogP contribution in [0.15, 0.2) is 0 Å². The van der Waals surface area contributed by atoms with Gasteiger partial charge in [-0.2, -0.15) is 0 Å². The zero-order valence-electron chi connectivity index (χ0n) is 15.1. The average Bonchev–Trinajstić information content (AvgIpc) is 2.53. The van der Waals surface area contributed by atoms with Crippen molar-refractivity contribution in [3.63, 3.8) is 0 Å². The maximum atomic E-state index is 12.4. The van der Waals surface area contributed by atoms with Crippen molar-refractivity contribution in [2.75, 3.05) is 0 Å². The number of carboxylic acids is 3. The van der Waals surface area contributed by atoms with Gasteiger partial charge in [0.15, 0.2) is 6.04 Å². The third-order valence-electron chi connectivity index (χ3n) is 3.62. The van der Waals surface area contributed by atoms with E-state index < -0.39 is 54.8 Å². The van der Waals surface area contributed by atoms with Crippen LogP contribution in [0.25, 0.3) is 0 Å². The number of amides is 1. The largest absolute Gasteiger partial charge is 0.481 e. The maximum Gasteiger partial charge on any atom is 0.329 e. The number of hydrogen-bond acceptors (Lipinski definition) is 6. The number of hydrogen-bond donors (Lipinski definition) is 4. The van der Waals surface area contributed by atoms with Gasteiger partial charge < -0.3 is 21.1 Å². The molecule has 0 saturated carbocycles. The summed E-state index contributed by atoms with van der Waals surface area (Å²) in [5, 5.41) is 27.3. The van der Waals surface area contributed by atoms with Crippen LogP contribution < -0.4 is 5.73 Å². The minimum Gasteiger partial charge on any atom is -0.481 e. The zero-order chi connectivity index (χ0) is 20.3. The van der Waals surface area contributed by atoms with Crippen LogP contribution >= 0.6 is 0 Å². The van der Waals surface area contributed by atoms with E-state index in [1.54, 1.807) is 6.92 Å². The van der Waals surface area contributed by atoms with E-state index >= 15 is 0 Å². The Bertz CT molecular complexity index is 497. The van der Waals surface area contributed by atoms with E-state index in [9.17, 15) is 24.3 Å². The second-order valence-electron chi connectivity index (χ2n) is 6.09. The molecule has 0 aromatic carbocycles. The molecule has 0 aliphatic heterocycles. The highest BCUT2D eigenvalue weighted by Gasteiger charge is 2.37. The Balaban J connectivity index is 5.24. The molecular formula is C16H28N2O8. The molecule has 0 aliphatic carbocycles. The van der Waals surface area contributed by atoms with Crippen LogP contribution in [0, 0.1) is 0 Å². The van der Waals surface area contributed by atoms with Gasteiger partial charge in [-0.15, -0.1) is 0 Å². The molecule has 0 saturated heterocycles. The summed E-state index contributed by atoms with van der Waals surface area (Å²) >= 11 is 0. The number of nitrogens with zero attached hydrogens (tertiary/aromatic N) is 1. The molecule has 26 heavy (non-hydrogen) atoms. The first-order chi connectivity index (χ1) is 12.1. The standard InChI is InChI=1S/C16H28N2O8/c1-3-4-5-6-7-10(2)26-18(12(16(24)25)9-14(21)22)15(23)11(17)8-13(19)20/h10-12H,3-9,17H2,1-2H3,(H,19,20)(H,21,22)(H,24,25)/t10?,11-,12-/m0/s1. The van der Waals surface area contributed by atoms with Crippen LogP contribution in [-0.4, -0.2) is 62.4 Å². The molecule has 150 valence electrons. The van der Waals surface area contributed by atoms with Crippen molar-refractivity contribution in [3.05, 3.63) is 0 Å². The lowest BCUT2D eigenvalue weighted by Crippen LogP contribution is -2.53. The third kappa shape index (κ3) is 9.33. The summed E-state index contributed by atoms with van der Waals surface area (Å²) in [5.74, 6) is -5.45.